The number of halogens is 1. The summed E-state index contributed by atoms with van der Waals surface area (Å²) in [6.07, 6.45) is 0. The van der Waals surface area contributed by atoms with Crippen LogP contribution in [0.1, 0.15) is 11.6 Å². The Morgan fingerprint density at radius 1 is 1.70 bits per heavy atom. The van der Waals surface area contributed by atoms with Crippen molar-refractivity contribution in [2.24, 2.45) is 5.73 Å². The van der Waals surface area contributed by atoms with Gasteiger partial charge in [-0.3, -0.25) is 0 Å². The maximum Gasteiger partial charge on any atom is 0.0625 e. The van der Waals surface area contributed by atoms with Gasteiger partial charge < -0.3 is 10.8 Å². The summed E-state index contributed by atoms with van der Waals surface area (Å²) in [4.78, 5) is 0. The molecule has 0 aliphatic carbocycles. The van der Waals surface area contributed by atoms with Crippen LogP contribution in [0.2, 0.25) is 0 Å². The quantitative estimate of drug-likeness (QED) is 0.796. The second-order valence-electron chi connectivity index (χ2n) is 1.96. The molecule has 0 aromatic carbocycles. The Balaban J connectivity index is 2.82. The molecule has 0 radical (unpaired) electrons. The Bertz CT molecular complexity index is 213. The van der Waals surface area contributed by atoms with Gasteiger partial charge in [-0.2, -0.15) is 11.3 Å². The highest BCUT2D eigenvalue weighted by Crippen LogP contribution is 2.25. The first kappa shape index (κ1) is 8.20. The van der Waals surface area contributed by atoms with Crippen LogP contribution in [-0.2, 0) is 0 Å². The summed E-state index contributed by atoms with van der Waals surface area (Å²) in [5, 5.41) is 12.6. The third-order valence-corrected chi connectivity index (χ3v) is 2.99. The second kappa shape index (κ2) is 3.48. The molecule has 0 unspecified atom stereocenters. The third-order valence-electron chi connectivity index (χ3n) is 1.24. The fourth-order valence-corrected chi connectivity index (χ4v) is 2.31. The highest BCUT2D eigenvalue weighted by molar-refractivity contribution is 9.10. The Kier molecular flexibility index (Phi) is 2.85. The average Bonchev–Trinajstić information content (AvgIpc) is 2.34. The minimum atomic E-state index is -0.249. The van der Waals surface area contributed by atoms with E-state index in [1.807, 2.05) is 10.8 Å². The molecule has 0 saturated heterocycles. The van der Waals surface area contributed by atoms with Gasteiger partial charge in [0.25, 0.3) is 0 Å². The second-order valence-corrected chi connectivity index (χ2v) is 3.56. The summed E-state index contributed by atoms with van der Waals surface area (Å²) in [7, 11) is 0. The smallest absolute Gasteiger partial charge is 0.0625 e. The van der Waals surface area contributed by atoms with Crippen LogP contribution in [-0.4, -0.2) is 11.7 Å². The van der Waals surface area contributed by atoms with Gasteiger partial charge in [0.2, 0.25) is 0 Å². The number of aliphatic hydroxyl groups is 1. The summed E-state index contributed by atoms with van der Waals surface area (Å²) in [6, 6.07) is -0.249. The topological polar surface area (TPSA) is 46.2 Å². The summed E-state index contributed by atoms with van der Waals surface area (Å²) >= 11 is 4.90. The molecule has 0 amide bonds. The van der Waals surface area contributed by atoms with Crippen molar-refractivity contribution in [3.8, 4) is 0 Å². The monoisotopic (exact) mass is 221 g/mol. The lowest BCUT2D eigenvalue weighted by Gasteiger charge is -2.04. The first-order valence-corrected chi connectivity index (χ1v) is 4.57. The minimum absolute atomic E-state index is 0.00463. The van der Waals surface area contributed by atoms with Gasteiger partial charge in [-0.15, -0.1) is 0 Å². The largest absolute Gasteiger partial charge is 0.394 e. The van der Waals surface area contributed by atoms with Gasteiger partial charge >= 0.3 is 0 Å². The van der Waals surface area contributed by atoms with Crippen molar-refractivity contribution in [3.63, 3.8) is 0 Å². The Morgan fingerprint density at radius 3 is 2.80 bits per heavy atom. The molecule has 0 fully saturated rings. The average molecular weight is 222 g/mol. The molecule has 4 heteroatoms. The molecule has 2 nitrogen and oxygen atoms in total. The van der Waals surface area contributed by atoms with Crippen LogP contribution >= 0.6 is 27.3 Å². The van der Waals surface area contributed by atoms with Crippen molar-refractivity contribution < 1.29 is 5.11 Å². The van der Waals surface area contributed by atoms with Crippen LogP contribution in [0.25, 0.3) is 0 Å². The van der Waals surface area contributed by atoms with Gasteiger partial charge in [0.1, 0.15) is 0 Å². The predicted molar refractivity (Wildman–Crippen MR) is 46.0 cm³/mol. The molecular formula is C6H8BrNOS. The van der Waals surface area contributed by atoms with Crippen molar-refractivity contribution >= 4 is 27.3 Å². The number of hydrogen-bond donors (Lipinski definition) is 2. The molecule has 10 heavy (non-hydrogen) atoms. The van der Waals surface area contributed by atoms with Crippen molar-refractivity contribution in [1.29, 1.82) is 0 Å². The van der Waals surface area contributed by atoms with Crippen LogP contribution in [0.5, 0.6) is 0 Å². The van der Waals surface area contributed by atoms with Crippen LogP contribution < -0.4 is 5.73 Å². The van der Waals surface area contributed by atoms with E-state index >= 15 is 0 Å². The zero-order chi connectivity index (χ0) is 7.56. The molecule has 1 aromatic heterocycles. The zero-order valence-corrected chi connectivity index (χ0v) is 7.65. The molecule has 0 aliphatic heterocycles. The molecule has 1 heterocycles. The van der Waals surface area contributed by atoms with Crippen molar-refractivity contribution in [2.45, 2.75) is 6.04 Å². The zero-order valence-electron chi connectivity index (χ0n) is 5.25. The number of rotatable bonds is 2. The van der Waals surface area contributed by atoms with Crippen molar-refractivity contribution in [1.82, 2.24) is 0 Å². The first-order chi connectivity index (χ1) is 4.75. The van der Waals surface area contributed by atoms with Gasteiger partial charge in [-0.25, -0.2) is 0 Å². The normalized spacial score (nSPS) is 13.5. The summed E-state index contributed by atoms with van der Waals surface area (Å²) in [5.41, 5.74) is 6.55. The molecule has 3 N–H and O–H groups in total. The van der Waals surface area contributed by atoms with Crippen LogP contribution in [0.4, 0.5) is 0 Å². The van der Waals surface area contributed by atoms with Crippen LogP contribution in [0.15, 0.2) is 15.2 Å². The standard InChI is InChI=1S/C6H8BrNOS/c7-5-3-10-2-4(5)6(8)1-9/h2-3,6,9H,1,8H2/t6-/m0/s1. The van der Waals surface area contributed by atoms with E-state index < -0.39 is 0 Å². The fourth-order valence-electron chi connectivity index (χ4n) is 0.654. The van der Waals surface area contributed by atoms with E-state index in [0.29, 0.717) is 0 Å². The van der Waals surface area contributed by atoms with E-state index in [4.69, 9.17) is 10.8 Å². The third kappa shape index (κ3) is 1.58. The highest BCUT2D eigenvalue weighted by atomic mass is 79.9. The number of aliphatic hydroxyl groups excluding tert-OH is 1. The van der Waals surface area contributed by atoms with Crippen LogP contribution in [0.3, 0.4) is 0 Å². The lowest BCUT2D eigenvalue weighted by Crippen LogP contribution is -2.13. The highest BCUT2D eigenvalue weighted by Gasteiger charge is 2.08. The van der Waals surface area contributed by atoms with Gasteiger partial charge in [-0.05, 0) is 26.9 Å². The summed E-state index contributed by atoms with van der Waals surface area (Å²) < 4.78 is 0.985. The lowest BCUT2D eigenvalue weighted by molar-refractivity contribution is 0.268. The lowest BCUT2D eigenvalue weighted by atomic mass is 10.2. The molecule has 1 atom stereocenters. The maximum atomic E-state index is 8.69. The van der Waals surface area contributed by atoms with Gasteiger partial charge in [0.15, 0.2) is 0 Å². The number of nitrogens with two attached hydrogens (primary N) is 1. The molecule has 1 rings (SSSR count). The minimum Gasteiger partial charge on any atom is -0.394 e. The van der Waals surface area contributed by atoms with E-state index in [1.165, 1.54) is 0 Å². The van der Waals surface area contributed by atoms with E-state index in [2.05, 4.69) is 15.9 Å². The van der Waals surface area contributed by atoms with Gasteiger partial charge in [-0.1, -0.05) is 0 Å². The number of thiophene rings is 1. The Labute approximate surface area is 71.8 Å². The van der Waals surface area contributed by atoms with E-state index in [-0.39, 0.29) is 12.6 Å². The maximum absolute atomic E-state index is 8.69. The van der Waals surface area contributed by atoms with E-state index in [1.54, 1.807) is 11.3 Å². The molecule has 0 saturated carbocycles. The predicted octanol–water partition coefficient (Wildman–Crippen LogP) is 1.50. The SMILES string of the molecule is N[C@@H](CO)c1cscc1Br. The molecular weight excluding hydrogens is 214 g/mol. The number of hydrogen-bond acceptors (Lipinski definition) is 3. The van der Waals surface area contributed by atoms with E-state index in [9.17, 15) is 0 Å². The fraction of sp³-hybridized carbons (Fsp3) is 0.333. The van der Waals surface area contributed by atoms with Gasteiger partial charge in [0, 0.05) is 9.85 Å². The molecule has 1 aromatic rings. The Hall–Kier alpha value is 0.100. The Morgan fingerprint density at radius 2 is 2.40 bits per heavy atom. The van der Waals surface area contributed by atoms with Crippen molar-refractivity contribution in [2.75, 3.05) is 6.61 Å². The molecule has 0 aliphatic rings. The van der Waals surface area contributed by atoms with Gasteiger partial charge in [0.05, 0.1) is 12.6 Å². The first-order valence-electron chi connectivity index (χ1n) is 2.83. The van der Waals surface area contributed by atoms with E-state index in [0.717, 1.165) is 10.0 Å². The molecule has 0 spiro atoms. The molecule has 56 valence electrons. The summed E-state index contributed by atoms with van der Waals surface area (Å²) in [6.45, 7) is -0.00463. The van der Waals surface area contributed by atoms with Crippen molar-refractivity contribution in [3.05, 3.63) is 20.8 Å². The summed E-state index contributed by atoms with van der Waals surface area (Å²) in [5.74, 6) is 0. The molecule has 0 bridgehead atoms. The van der Waals surface area contributed by atoms with Crippen LogP contribution in [0, 0.1) is 0 Å².